The van der Waals surface area contributed by atoms with Crippen LogP contribution in [-0.2, 0) is 16.0 Å². The van der Waals surface area contributed by atoms with E-state index in [1.807, 2.05) is 0 Å². The highest BCUT2D eigenvalue weighted by Gasteiger charge is 2.31. The van der Waals surface area contributed by atoms with E-state index in [4.69, 9.17) is 9.47 Å². The number of H-pyrrole nitrogens is 1. The van der Waals surface area contributed by atoms with Crippen molar-refractivity contribution in [3.63, 3.8) is 0 Å². The summed E-state index contributed by atoms with van der Waals surface area (Å²) in [6.07, 6.45) is 1.37. The van der Waals surface area contributed by atoms with Gasteiger partial charge < -0.3 is 19.6 Å². The van der Waals surface area contributed by atoms with E-state index in [1.54, 1.807) is 60.6 Å². The Morgan fingerprint density at radius 3 is 2.03 bits per heavy atom. The average Bonchev–Trinajstić information content (AvgIpc) is 2.59. The number of ether oxygens (including phenoxy) is 2. The van der Waals surface area contributed by atoms with Gasteiger partial charge in [-0.2, -0.15) is 0 Å². The van der Waals surface area contributed by atoms with E-state index >= 15 is 0 Å². The largest absolute Gasteiger partial charge is 0.508 e. The second-order valence-corrected chi connectivity index (χ2v) is 8.48. The number of hydrogen-bond donors (Lipinski definition) is 2. The van der Waals surface area contributed by atoms with Gasteiger partial charge in [-0.3, -0.25) is 4.98 Å². The third kappa shape index (κ3) is 9.14. The predicted octanol–water partition coefficient (Wildman–Crippen LogP) is 5.04. The molecule has 0 saturated heterocycles. The van der Waals surface area contributed by atoms with Crippen LogP contribution in [0.15, 0.2) is 31.1 Å². The maximum Gasteiger partial charge on any atom is 0.420 e. The summed E-state index contributed by atoms with van der Waals surface area (Å²) in [5.41, 5.74) is -0.133. The van der Waals surface area contributed by atoms with Gasteiger partial charge in [-0.05, 0) is 60.6 Å². The van der Waals surface area contributed by atoms with Crippen molar-refractivity contribution >= 4 is 17.9 Å². The standard InChI is InChI=1S/C21H31N3O5/c1-14-9-10-16(15(2)25)11-22-12-17(23-14)13-24(18(26)28-20(3,4)5)19(27)29-21(6,7)8/h9-12,22,25H,2,13H2,1,3-8H3. The lowest BCUT2D eigenvalue weighted by atomic mass is 10.2. The molecule has 0 bridgehead atoms. The Labute approximate surface area is 171 Å². The van der Waals surface area contributed by atoms with E-state index in [9.17, 15) is 14.7 Å². The molecule has 0 radical (unpaired) electrons. The Kier molecular flexibility index (Phi) is 7.82. The summed E-state index contributed by atoms with van der Waals surface area (Å²) in [6.45, 7) is 15.3. The smallest absolute Gasteiger partial charge is 0.420 e. The SMILES string of the molecule is C=C(O)c1ccc(C)nc(CN(C(=O)OC(C)(C)C)C(=O)OC(C)(C)C)c[nH]c1. The van der Waals surface area contributed by atoms with Gasteiger partial charge >= 0.3 is 12.2 Å². The summed E-state index contributed by atoms with van der Waals surface area (Å²) in [6, 6.07) is 3.32. The average molecular weight is 405 g/mol. The fourth-order valence-corrected chi connectivity index (χ4v) is 2.04. The highest BCUT2D eigenvalue weighted by atomic mass is 16.6. The number of imide groups is 1. The lowest BCUT2D eigenvalue weighted by molar-refractivity contribution is -0.000497. The highest BCUT2D eigenvalue weighted by molar-refractivity contribution is 5.88. The zero-order valence-electron chi connectivity index (χ0n) is 18.2. The molecule has 0 spiro atoms. The molecule has 0 aliphatic heterocycles. The van der Waals surface area contributed by atoms with E-state index in [1.165, 1.54) is 12.4 Å². The Balaban J connectivity index is 3.33. The van der Waals surface area contributed by atoms with Gasteiger partial charge in [-0.15, -0.1) is 0 Å². The summed E-state index contributed by atoms with van der Waals surface area (Å²) < 4.78 is 10.7. The number of carbonyl (C=O) groups excluding carboxylic acids is 2. The fraction of sp³-hybridized carbons (Fsp3) is 0.476. The molecule has 1 heterocycles. The molecule has 0 saturated carbocycles. The Hall–Kier alpha value is -3.03. The van der Waals surface area contributed by atoms with E-state index in [2.05, 4.69) is 16.5 Å². The number of aliphatic hydroxyl groups excluding tert-OH is 1. The van der Waals surface area contributed by atoms with Crippen LogP contribution in [0.3, 0.4) is 0 Å². The van der Waals surface area contributed by atoms with Crippen LogP contribution in [0.1, 0.15) is 58.5 Å². The van der Waals surface area contributed by atoms with Gasteiger partial charge in [0.2, 0.25) is 0 Å². The van der Waals surface area contributed by atoms with E-state index < -0.39 is 23.4 Å². The zero-order chi connectivity index (χ0) is 22.4. The number of rotatable bonds is 3. The minimum Gasteiger partial charge on any atom is -0.508 e. The number of aliphatic hydroxyl groups is 1. The minimum atomic E-state index is -0.837. The quantitative estimate of drug-likeness (QED) is 0.682. The van der Waals surface area contributed by atoms with E-state index in [-0.39, 0.29) is 12.3 Å². The molecule has 0 fully saturated rings. The first-order valence-corrected chi connectivity index (χ1v) is 9.18. The number of hydrogen-bond acceptors (Lipinski definition) is 6. The first-order valence-electron chi connectivity index (χ1n) is 9.18. The summed E-state index contributed by atoms with van der Waals surface area (Å²) in [7, 11) is 0. The number of amides is 2. The molecule has 1 aromatic rings. The van der Waals surface area contributed by atoms with Crippen molar-refractivity contribution in [3.05, 3.63) is 48.1 Å². The highest BCUT2D eigenvalue weighted by Crippen LogP contribution is 2.16. The van der Waals surface area contributed by atoms with Crippen molar-refractivity contribution in [2.45, 2.75) is 66.2 Å². The fourth-order valence-electron chi connectivity index (χ4n) is 2.04. The maximum atomic E-state index is 12.6. The minimum absolute atomic E-state index is 0.109. The molecule has 0 atom stereocenters. The van der Waals surface area contributed by atoms with Gasteiger partial charge in [0.15, 0.2) is 0 Å². The summed E-state index contributed by atoms with van der Waals surface area (Å²) >= 11 is 0. The normalized spacial score (nSPS) is 11.3. The number of nitrogens with zero attached hydrogens (tertiary/aromatic N) is 2. The Morgan fingerprint density at radius 2 is 1.59 bits per heavy atom. The molecule has 8 nitrogen and oxygen atoms in total. The molecule has 160 valence electrons. The molecular formula is C21H31N3O5. The lowest BCUT2D eigenvalue weighted by Crippen LogP contribution is -2.43. The molecule has 0 unspecified atom stereocenters. The van der Waals surface area contributed by atoms with Gasteiger partial charge in [-0.1, -0.05) is 6.58 Å². The van der Waals surface area contributed by atoms with Crippen LogP contribution in [0.4, 0.5) is 9.59 Å². The predicted molar refractivity (Wildman–Crippen MR) is 111 cm³/mol. The molecule has 0 aromatic carbocycles. The zero-order valence-corrected chi connectivity index (χ0v) is 18.2. The van der Waals surface area contributed by atoms with Crippen molar-refractivity contribution in [1.82, 2.24) is 14.9 Å². The molecule has 8 heteroatoms. The second-order valence-electron chi connectivity index (χ2n) is 8.48. The Bertz CT molecular complexity index is 786. The second kappa shape index (κ2) is 9.45. The van der Waals surface area contributed by atoms with Crippen LogP contribution in [0.5, 0.6) is 0 Å². The Morgan fingerprint density at radius 1 is 1.07 bits per heavy atom. The van der Waals surface area contributed by atoms with Crippen molar-refractivity contribution in [2.75, 3.05) is 0 Å². The van der Waals surface area contributed by atoms with E-state index in [0.29, 0.717) is 17.0 Å². The van der Waals surface area contributed by atoms with Crippen LogP contribution in [0.2, 0.25) is 0 Å². The third-order valence-corrected chi connectivity index (χ3v) is 3.19. The van der Waals surface area contributed by atoms with Gasteiger partial charge in [0.25, 0.3) is 0 Å². The van der Waals surface area contributed by atoms with Crippen LogP contribution in [-0.4, -0.2) is 43.4 Å². The van der Waals surface area contributed by atoms with Crippen molar-refractivity contribution in [1.29, 1.82) is 0 Å². The summed E-state index contributed by atoms with van der Waals surface area (Å²) in [5, 5.41) is 9.60. The molecule has 0 aliphatic carbocycles. The number of aromatic nitrogens is 2. The van der Waals surface area contributed by atoms with Crippen molar-refractivity contribution in [2.24, 2.45) is 0 Å². The van der Waals surface area contributed by atoms with Gasteiger partial charge in [0, 0.05) is 23.7 Å². The third-order valence-electron chi connectivity index (χ3n) is 3.19. The maximum absolute atomic E-state index is 12.6. The molecule has 1 rings (SSSR count). The summed E-state index contributed by atoms with van der Waals surface area (Å²) in [5.74, 6) is -0.109. The number of carbonyl (C=O) groups is 2. The van der Waals surface area contributed by atoms with E-state index in [0.717, 1.165) is 4.90 Å². The molecule has 29 heavy (non-hydrogen) atoms. The first-order chi connectivity index (χ1) is 13.2. The first kappa shape index (κ1) is 24.0. The number of aromatic amines is 1. The van der Waals surface area contributed by atoms with Crippen molar-refractivity contribution < 1.29 is 24.2 Å². The van der Waals surface area contributed by atoms with Gasteiger partial charge in [-0.25, -0.2) is 14.5 Å². The van der Waals surface area contributed by atoms with Gasteiger partial charge in [0.1, 0.15) is 17.0 Å². The topological polar surface area (TPSA) is 105 Å². The molecular weight excluding hydrogens is 374 g/mol. The van der Waals surface area contributed by atoms with Crippen molar-refractivity contribution in [3.8, 4) is 0 Å². The summed E-state index contributed by atoms with van der Waals surface area (Å²) in [4.78, 5) is 33.4. The molecule has 1 aromatic heterocycles. The number of aryl methyl sites for hydroxylation is 1. The number of nitrogens with one attached hydrogen (secondary N) is 1. The molecule has 2 amide bonds. The van der Waals surface area contributed by atoms with Crippen LogP contribution in [0, 0.1) is 6.92 Å². The molecule has 2 N–H and O–H groups in total. The van der Waals surface area contributed by atoms with Crippen LogP contribution < -0.4 is 0 Å². The van der Waals surface area contributed by atoms with Crippen LogP contribution >= 0.6 is 0 Å². The van der Waals surface area contributed by atoms with Gasteiger partial charge in [0.05, 0.1) is 12.2 Å². The monoisotopic (exact) mass is 405 g/mol. The van der Waals surface area contributed by atoms with Crippen LogP contribution in [0.25, 0.3) is 5.76 Å². The lowest BCUT2D eigenvalue weighted by Gasteiger charge is -2.28. The molecule has 0 aliphatic rings.